The smallest absolute Gasteiger partial charge is 0.358 e. The summed E-state index contributed by atoms with van der Waals surface area (Å²) in [5.74, 6) is -0.377. The lowest BCUT2D eigenvalue weighted by Gasteiger charge is -2.06. The molecule has 110 valence electrons. The Bertz CT molecular complexity index is 569. The van der Waals surface area contributed by atoms with E-state index in [2.05, 4.69) is 15.0 Å². The van der Waals surface area contributed by atoms with Crippen LogP contribution in [0.15, 0.2) is 23.2 Å². The van der Waals surface area contributed by atoms with Gasteiger partial charge in [0.05, 0.1) is 0 Å². The summed E-state index contributed by atoms with van der Waals surface area (Å²) in [5.41, 5.74) is 0. The fraction of sp³-hybridized carbons (Fsp3) is 0.545. The van der Waals surface area contributed by atoms with Crippen LogP contribution in [0.4, 0.5) is 5.82 Å². The van der Waals surface area contributed by atoms with Gasteiger partial charge in [0.1, 0.15) is 4.90 Å². The summed E-state index contributed by atoms with van der Waals surface area (Å²) >= 11 is 0. The van der Waals surface area contributed by atoms with Crippen LogP contribution in [-0.2, 0) is 10.0 Å². The molecule has 0 atom stereocenters. The third-order valence-corrected chi connectivity index (χ3v) is 4.32. The highest BCUT2D eigenvalue weighted by Crippen LogP contribution is 2.18. The van der Waals surface area contributed by atoms with Gasteiger partial charge in [-0.2, -0.15) is 0 Å². The lowest BCUT2D eigenvalue weighted by Crippen LogP contribution is -2.28. The standard InChI is InChI=1S/C11H16N4O4S/c16-15(17)11-5-4-10(8-13-11)20(18,19)14-7-1-6-12-9-2-3-9/h4-5,8-9,12,14H,1-3,6-7H2. The van der Waals surface area contributed by atoms with Gasteiger partial charge in [0.25, 0.3) is 0 Å². The number of pyridine rings is 1. The number of aromatic nitrogens is 1. The molecule has 20 heavy (non-hydrogen) atoms. The minimum absolute atomic E-state index is 0.0711. The van der Waals surface area contributed by atoms with Gasteiger partial charge < -0.3 is 15.4 Å². The number of nitro groups is 1. The van der Waals surface area contributed by atoms with Crippen molar-refractivity contribution in [1.82, 2.24) is 15.0 Å². The quantitative estimate of drug-likeness (QED) is 0.408. The van der Waals surface area contributed by atoms with Gasteiger partial charge in [0, 0.05) is 18.7 Å². The van der Waals surface area contributed by atoms with Gasteiger partial charge >= 0.3 is 5.82 Å². The van der Waals surface area contributed by atoms with E-state index in [4.69, 9.17) is 0 Å². The fourth-order valence-corrected chi connectivity index (χ4v) is 2.63. The predicted octanol–water partition coefficient (Wildman–Crippen LogP) is 0.410. The molecule has 1 aromatic heterocycles. The number of nitrogens with one attached hydrogen (secondary N) is 2. The van der Waals surface area contributed by atoms with Gasteiger partial charge in [0.2, 0.25) is 10.0 Å². The van der Waals surface area contributed by atoms with Crippen LogP contribution >= 0.6 is 0 Å². The van der Waals surface area contributed by atoms with Crippen molar-refractivity contribution in [3.63, 3.8) is 0 Å². The Morgan fingerprint density at radius 1 is 1.35 bits per heavy atom. The second kappa shape index (κ2) is 6.25. The minimum atomic E-state index is -3.65. The summed E-state index contributed by atoms with van der Waals surface area (Å²) in [6.45, 7) is 1.09. The highest BCUT2D eigenvalue weighted by Gasteiger charge is 2.20. The maximum Gasteiger partial charge on any atom is 0.363 e. The van der Waals surface area contributed by atoms with Crippen molar-refractivity contribution in [2.45, 2.75) is 30.2 Å². The van der Waals surface area contributed by atoms with Crippen LogP contribution in [0.1, 0.15) is 19.3 Å². The molecular formula is C11H16N4O4S. The number of hydrogen-bond donors (Lipinski definition) is 2. The average molecular weight is 300 g/mol. The lowest BCUT2D eigenvalue weighted by atomic mass is 10.4. The van der Waals surface area contributed by atoms with Gasteiger partial charge in [-0.05, 0) is 41.8 Å². The Kier molecular flexibility index (Phi) is 4.63. The maximum atomic E-state index is 11.9. The van der Waals surface area contributed by atoms with Gasteiger partial charge in [-0.3, -0.25) is 0 Å². The van der Waals surface area contributed by atoms with Gasteiger partial charge in [0.15, 0.2) is 6.20 Å². The van der Waals surface area contributed by atoms with Crippen molar-refractivity contribution in [2.75, 3.05) is 13.1 Å². The molecule has 1 aliphatic rings. The zero-order valence-electron chi connectivity index (χ0n) is 10.8. The summed E-state index contributed by atoms with van der Waals surface area (Å²) in [6, 6.07) is 2.85. The molecule has 2 N–H and O–H groups in total. The zero-order chi connectivity index (χ0) is 14.6. The summed E-state index contributed by atoms with van der Waals surface area (Å²) in [5, 5.41) is 13.7. The van der Waals surface area contributed by atoms with E-state index < -0.39 is 14.9 Å². The van der Waals surface area contributed by atoms with Crippen LogP contribution in [0.25, 0.3) is 0 Å². The van der Waals surface area contributed by atoms with Crippen LogP contribution in [0.2, 0.25) is 0 Å². The largest absolute Gasteiger partial charge is 0.363 e. The molecule has 1 aliphatic carbocycles. The Labute approximate surface area is 116 Å². The average Bonchev–Trinajstić information content (AvgIpc) is 3.22. The Hall–Kier alpha value is -1.58. The summed E-state index contributed by atoms with van der Waals surface area (Å²) < 4.78 is 26.2. The first-order valence-corrected chi connectivity index (χ1v) is 7.81. The van der Waals surface area contributed by atoms with Crippen molar-refractivity contribution >= 4 is 15.8 Å². The van der Waals surface area contributed by atoms with Crippen molar-refractivity contribution in [2.24, 2.45) is 0 Å². The maximum absolute atomic E-state index is 11.9. The third kappa shape index (κ3) is 4.22. The van der Waals surface area contributed by atoms with Crippen molar-refractivity contribution in [3.8, 4) is 0 Å². The monoisotopic (exact) mass is 300 g/mol. The second-order valence-electron chi connectivity index (χ2n) is 4.59. The molecule has 1 fully saturated rings. The Morgan fingerprint density at radius 3 is 2.65 bits per heavy atom. The third-order valence-electron chi connectivity index (χ3n) is 2.87. The summed E-state index contributed by atoms with van der Waals surface area (Å²) in [4.78, 5) is 13.2. The van der Waals surface area contributed by atoms with E-state index in [1.54, 1.807) is 0 Å². The second-order valence-corrected chi connectivity index (χ2v) is 6.36. The van der Waals surface area contributed by atoms with E-state index in [9.17, 15) is 18.5 Å². The van der Waals surface area contributed by atoms with Crippen molar-refractivity contribution < 1.29 is 13.3 Å². The molecule has 1 heterocycles. The fourth-order valence-electron chi connectivity index (χ4n) is 1.61. The molecular weight excluding hydrogens is 284 g/mol. The van der Waals surface area contributed by atoms with Crippen LogP contribution < -0.4 is 10.0 Å². The predicted molar refractivity (Wildman–Crippen MR) is 71.7 cm³/mol. The first-order chi connectivity index (χ1) is 9.49. The molecule has 0 spiro atoms. The normalized spacial score (nSPS) is 15.2. The minimum Gasteiger partial charge on any atom is -0.358 e. The molecule has 0 amide bonds. The molecule has 1 aromatic rings. The SMILES string of the molecule is O=[N+]([O-])c1ccc(S(=O)(=O)NCCCNC2CC2)cn1. The Balaban J connectivity index is 1.83. The lowest BCUT2D eigenvalue weighted by molar-refractivity contribution is -0.389. The van der Waals surface area contributed by atoms with Gasteiger partial charge in [-0.1, -0.05) is 0 Å². The number of nitrogens with zero attached hydrogens (tertiary/aromatic N) is 2. The molecule has 0 radical (unpaired) electrons. The first kappa shape index (κ1) is 14.8. The molecule has 9 heteroatoms. The molecule has 0 unspecified atom stereocenters. The summed E-state index contributed by atoms with van der Waals surface area (Å²) in [6.07, 6.45) is 4.07. The molecule has 0 bridgehead atoms. The topological polar surface area (TPSA) is 114 Å². The molecule has 2 rings (SSSR count). The van der Waals surface area contributed by atoms with E-state index in [0.717, 1.165) is 18.8 Å². The molecule has 1 saturated carbocycles. The summed E-state index contributed by atoms with van der Waals surface area (Å²) in [7, 11) is -3.65. The van der Waals surface area contributed by atoms with E-state index >= 15 is 0 Å². The van der Waals surface area contributed by atoms with Gasteiger partial charge in [-0.15, -0.1) is 0 Å². The first-order valence-electron chi connectivity index (χ1n) is 6.32. The van der Waals surface area contributed by atoms with Crippen LogP contribution in [0.3, 0.4) is 0 Å². The highest BCUT2D eigenvalue weighted by molar-refractivity contribution is 7.89. The van der Waals surface area contributed by atoms with E-state index in [0.29, 0.717) is 19.0 Å². The van der Waals surface area contributed by atoms with E-state index in [-0.39, 0.29) is 10.7 Å². The molecule has 8 nitrogen and oxygen atoms in total. The van der Waals surface area contributed by atoms with Gasteiger partial charge in [-0.25, -0.2) is 13.1 Å². The number of rotatable bonds is 8. The Morgan fingerprint density at radius 2 is 2.10 bits per heavy atom. The highest BCUT2D eigenvalue weighted by atomic mass is 32.2. The van der Waals surface area contributed by atoms with Crippen LogP contribution in [0.5, 0.6) is 0 Å². The van der Waals surface area contributed by atoms with E-state index in [1.165, 1.54) is 18.9 Å². The van der Waals surface area contributed by atoms with E-state index in [1.807, 2.05) is 0 Å². The molecule has 0 aliphatic heterocycles. The van der Waals surface area contributed by atoms with Crippen molar-refractivity contribution in [1.29, 1.82) is 0 Å². The van der Waals surface area contributed by atoms with Crippen LogP contribution in [-0.4, -0.2) is 37.5 Å². The molecule has 0 saturated heterocycles. The number of sulfonamides is 1. The van der Waals surface area contributed by atoms with Crippen molar-refractivity contribution in [3.05, 3.63) is 28.4 Å². The van der Waals surface area contributed by atoms with Crippen LogP contribution in [0, 0.1) is 10.1 Å². The number of hydrogen-bond acceptors (Lipinski definition) is 6. The zero-order valence-corrected chi connectivity index (χ0v) is 11.6. The molecule has 0 aromatic carbocycles.